The van der Waals surface area contributed by atoms with E-state index < -0.39 is 16.0 Å². The second-order valence-corrected chi connectivity index (χ2v) is 9.12. The molecule has 164 valence electrons. The maximum Gasteiger partial charge on any atom is 0.306 e. The van der Waals surface area contributed by atoms with Crippen molar-refractivity contribution < 1.29 is 22.1 Å². The molecule has 0 atom stereocenters. The summed E-state index contributed by atoms with van der Waals surface area (Å²) in [5, 5.41) is 15.1. The topological polar surface area (TPSA) is 134 Å². The Balaban J connectivity index is 1.66. The van der Waals surface area contributed by atoms with Crippen LogP contribution >= 0.6 is 11.8 Å². The molecule has 10 nitrogen and oxygen atoms in total. The number of hydrogen-bond donors (Lipinski definition) is 1. The molecule has 0 bridgehead atoms. The number of nitrogens with one attached hydrogen (secondary N) is 1. The third kappa shape index (κ3) is 4.55. The highest BCUT2D eigenvalue weighted by Gasteiger charge is 2.36. The van der Waals surface area contributed by atoms with Crippen molar-refractivity contribution >= 4 is 49.9 Å². The molecule has 2 aliphatic rings. The predicted molar refractivity (Wildman–Crippen MR) is 121 cm³/mol. The number of aliphatic imine (C=N–C) groups is 1. The molecule has 4 rings (SSSR count). The van der Waals surface area contributed by atoms with E-state index in [0.29, 0.717) is 15.8 Å². The molecule has 0 fully saturated rings. The van der Waals surface area contributed by atoms with Crippen LogP contribution in [-0.4, -0.2) is 53.2 Å². The zero-order chi connectivity index (χ0) is 22.9. The van der Waals surface area contributed by atoms with Crippen LogP contribution in [0.15, 0.2) is 58.4 Å². The molecule has 1 N–H and O–H groups in total. The number of hydrogen-bond acceptors (Lipinski definition) is 9. The van der Waals surface area contributed by atoms with E-state index in [4.69, 9.17) is 14.3 Å². The van der Waals surface area contributed by atoms with E-state index in [1.165, 1.54) is 35.0 Å². The van der Waals surface area contributed by atoms with Crippen LogP contribution in [0.4, 0.5) is 0 Å². The van der Waals surface area contributed by atoms with E-state index in [-0.39, 0.29) is 29.5 Å². The van der Waals surface area contributed by atoms with Crippen molar-refractivity contribution in [1.82, 2.24) is 9.99 Å². The first-order chi connectivity index (χ1) is 15.2. The quantitative estimate of drug-likeness (QED) is 0.502. The van der Waals surface area contributed by atoms with Crippen molar-refractivity contribution in [1.29, 1.82) is 5.41 Å². The Morgan fingerprint density at radius 1 is 1.25 bits per heavy atom. The van der Waals surface area contributed by atoms with Crippen LogP contribution in [0.2, 0.25) is 0 Å². The fourth-order valence-electron chi connectivity index (χ4n) is 2.88. The van der Waals surface area contributed by atoms with Gasteiger partial charge >= 0.3 is 10.1 Å². The smallest absolute Gasteiger partial charge is 0.306 e. The number of pyridine rings is 1. The molecule has 1 aromatic carbocycles. The van der Waals surface area contributed by atoms with Gasteiger partial charge in [0.15, 0.2) is 17.3 Å². The summed E-state index contributed by atoms with van der Waals surface area (Å²) in [5.41, 5.74) is 1.29. The Bertz CT molecular complexity index is 1300. The maximum absolute atomic E-state index is 12.6. The number of aromatic nitrogens is 1. The normalized spacial score (nSPS) is 17.2. The lowest BCUT2D eigenvalue weighted by Crippen LogP contribution is -2.35. The maximum atomic E-state index is 12.6. The number of nitrogens with zero attached hydrogens (tertiary/aromatic N) is 4. The van der Waals surface area contributed by atoms with Crippen LogP contribution in [0.1, 0.15) is 18.1 Å². The Morgan fingerprint density at radius 2 is 2.06 bits per heavy atom. The van der Waals surface area contributed by atoms with Gasteiger partial charge in [0.2, 0.25) is 5.17 Å². The van der Waals surface area contributed by atoms with Gasteiger partial charge in [-0.05, 0) is 54.6 Å². The number of carbonyl (C=O) groups is 1. The van der Waals surface area contributed by atoms with E-state index in [1.807, 2.05) is 6.07 Å². The molecular formula is C20H17N5O5S2. The van der Waals surface area contributed by atoms with Crippen LogP contribution in [0.5, 0.6) is 11.5 Å². The second kappa shape index (κ2) is 8.55. The highest BCUT2D eigenvalue weighted by atomic mass is 32.2. The van der Waals surface area contributed by atoms with Gasteiger partial charge in [0.1, 0.15) is 5.04 Å². The Hall–Kier alpha value is -3.51. The number of fused-ring (bicyclic) bond motifs is 1. The van der Waals surface area contributed by atoms with Crippen LogP contribution in [-0.2, 0) is 14.9 Å². The molecule has 0 saturated heterocycles. The first-order valence-corrected chi connectivity index (χ1v) is 12.0. The molecule has 2 aromatic rings. The highest BCUT2D eigenvalue weighted by Crippen LogP contribution is 2.33. The minimum atomic E-state index is -3.74. The molecule has 0 saturated carbocycles. The van der Waals surface area contributed by atoms with E-state index in [9.17, 15) is 13.2 Å². The number of amides is 1. The summed E-state index contributed by atoms with van der Waals surface area (Å²) in [6.45, 7) is 2.02. The molecular weight excluding hydrogens is 454 g/mol. The molecule has 0 unspecified atom stereocenters. The molecule has 0 radical (unpaired) electrons. The number of ether oxygens (including phenoxy) is 1. The van der Waals surface area contributed by atoms with Crippen molar-refractivity contribution in [2.75, 3.05) is 12.9 Å². The Kier molecular flexibility index (Phi) is 5.80. The van der Waals surface area contributed by atoms with E-state index in [2.05, 4.69) is 15.1 Å². The van der Waals surface area contributed by atoms with Gasteiger partial charge in [-0.15, -0.1) is 0 Å². The fourth-order valence-corrected chi connectivity index (χ4v) is 4.22. The second-order valence-electron chi connectivity index (χ2n) is 6.59. The summed E-state index contributed by atoms with van der Waals surface area (Å²) in [4.78, 5) is 20.7. The summed E-state index contributed by atoms with van der Waals surface area (Å²) < 4.78 is 33.4. The number of thioether (sulfide) groups is 1. The summed E-state index contributed by atoms with van der Waals surface area (Å²) in [6.07, 6.45) is 5.69. The van der Waals surface area contributed by atoms with Gasteiger partial charge in [-0.1, -0.05) is 6.07 Å². The van der Waals surface area contributed by atoms with Crippen molar-refractivity contribution in [2.24, 2.45) is 10.1 Å². The van der Waals surface area contributed by atoms with Crippen LogP contribution < -0.4 is 8.92 Å². The number of carbonyl (C=O) groups excluding carboxylic acids is 1. The van der Waals surface area contributed by atoms with Gasteiger partial charge in [0.05, 0.1) is 18.4 Å². The molecule has 0 spiro atoms. The molecule has 3 heterocycles. The largest absolute Gasteiger partial charge is 0.490 e. The molecule has 2 aliphatic heterocycles. The van der Waals surface area contributed by atoms with Gasteiger partial charge in [-0.3, -0.25) is 15.2 Å². The Labute approximate surface area is 188 Å². The molecule has 0 aliphatic carbocycles. The molecule has 32 heavy (non-hydrogen) atoms. The molecule has 12 heteroatoms. The van der Waals surface area contributed by atoms with Gasteiger partial charge < -0.3 is 8.92 Å². The molecule has 1 aromatic heterocycles. The van der Waals surface area contributed by atoms with Crippen molar-refractivity contribution in [3.05, 3.63) is 59.4 Å². The number of hydrazone groups is 1. The first-order valence-electron chi connectivity index (χ1n) is 9.32. The van der Waals surface area contributed by atoms with Crippen LogP contribution in [0, 0.1) is 5.41 Å². The lowest BCUT2D eigenvalue weighted by Gasteiger charge is -2.20. The average Bonchev–Trinajstić information content (AvgIpc) is 3.17. The zero-order valence-corrected chi connectivity index (χ0v) is 18.6. The Morgan fingerprint density at radius 3 is 2.75 bits per heavy atom. The van der Waals surface area contributed by atoms with E-state index >= 15 is 0 Å². The minimum Gasteiger partial charge on any atom is -0.490 e. The van der Waals surface area contributed by atoms with Gasteiger partial charge in [-0.25, -0.2) is 0 Å². The lowest BCUT2D eigenvalue weighted by molar-refractivity contribution is -0.114. The predicted octanol–water partition coefficient (Wildman–Crippen LogP) is 2.49. The molecule has 1 amide bonds. The van der Waals surface area contributed by atoms with Crippen molar-refractivity contribution in [2.45, 2.75) is 6.92 Å². The van der Waals surface area contributed by atoms with Gasteiger partial charge in [-0.2, -0.15) is 23.5 Å². The monoisotopic (exact) mass is 471 g/mol. The summed E-state index contributed by atoms with van der Waals surface area (Å²) in [7, 11) is -3.74. The summed E-state index contributed by atoms with van der Waals surface area (Å²) >= 11 is 1.18. The van der Waals surface area contributed by atoms with Crippen LogP contribution in [0.3, 0.4) is 0 Å². The number of amidine groups is 2. The zero-order valence-electron chi connectivity index (χ0n) is 17.0. The lowest BCUT2D eigenvalue weighted by atomic mass is 10.1. The van der Waals surface area contributed by atoms with E-state index in [1.54, 1.807) is 31.5 Å². The summed E-state index contributed by atoms with van der Waals surface area (Å²) in [5.74, 6) is -0.477. The highest BCUT2D eigenvalue weighted by molar-refractivity contribution is 8.27. The third-order valence-electron chi connectivity index (χ3n) is 4.18. The number of rotatable bonds is 6. The third-order valence-corrected chi connectivity index (χ3v) is 5.62. The van der Waals surface area contributed by atoms with Crippen LogP contribution in [0.25, 0.3) is 6.08 Å². The standard InChI is InChI=1S/C20H17N5O5S2/c1-3-29-16-10-12(6-7-15(16)30-32(2,27)28)9-14-17(21)25-20(23-18(14)26)31-19(24-25)13-5-4-8-22-11-13/h4-11,21H,3H2,1-2H3. The first kappa shape index (κ1) is 21.7. The SMILES string of the molecule is CCOc1cc(C=C2C(=N)N3N=C(c4cccnc4)SC3=NC2=O)ccc1OS(C)(=O)=O. The van der Waals surface area contributed by atoms with Crippen molar-refractivity contribution in [3.8, 4) is 11.5 Å². The fraction of sp³-hybridized carbons (Fsp3) is 0.150. The average molecular weight is 472 g/mol. The van der Waals surface area contributed by atoms with Gasteiger partial charge in [0, 0.05) is 18.0 Å². The minimum absolute atomic E-state index is 0.0310. The number of benzene rings is 1. The summed E-state index contributed by atoms with van der Waals surface area (Å²) in [6, 6.07) is 8.11. The van der Waals surface area contributed by atoms with Gasteiger partial charge in [0.25, 0.3) is 5.91 Å². The van der Waals surface area contributed by atoms with Crippen molar-refractivity contribution in [3.63, 3.8) is 0 Å². The van der Waals surface area contributed by atoms with E-state index in [0.717, 1.165) is 11.8 Å².